The Morgan fingerprint density at radius 1 is 0.889 bits per heavy atom. The normalized spacial score (nSPS) is 11.8. The van der Waals surface area contributed by atoms with Gasteiger partial charge < -0.3 is 9.47 Å². The molecule has 0 amide bonds. The number of hydrogen-bond donors (Lipinski definition) is 0. The van der Waals surface area contributed by atoms with Crippen LogP contribution in [0.2, 0.25) is 0 Å². The van der Waals surface area contributed by atoms with Crippen LogP contribution in [0.25, 0.3) is 0 Å². The number of carbonyl (C=O) groups excluding carboxylic acids is 2. The van der Waals surface area contributed by atoms with Crippen LogP contribution in [-0.4, -0.2) is 30.1 Å². The SMILES string of the molecule is CCCCCCCCCOC(=O)c1cccc(C(=O)OCC(C)CCC)n1. The molecule has 1 unspecified atom stereocenters. The van der Waals surface area contributed by atoms with E-state index in [1.165, 1.54) is 32.1 Å². The molecule has 152 valence electrons. The van der Waals surface area contributed by atoms with Crippen LogP contribution in [0.1, 0.15) is 99.5 Å². The van der Waals surface area contributed by atoms with E-state index in [0.717, 1.165) is 25.7 Å². The summed E-state index contributed by atoms with van der Waals surface area (Å²) in [6, 6.07) is 4.74. The molecule has 0 saturated carbocycles. The molecule has 27 heavy (non-hydrogen) atoms. The molecule has 5 nitrogen and oxygen atoms in total. The minimum absolute atomic E-state index is 0.143. The zero-order valence-corrected chi connectivity index (χ0v) is 17.2. The summed E-state index contributed by atoms with van der Waals surface area (Å²) in [6.07, 6.45) is 10.2. The van der Waals surface area contributed by atoms with E-state index >= 15 is 0 Å². The van der Waals surface area contributed by atoms with Gasteiger partial charge in [-0.1, -0.05) is 71.8 Å². The van der Waals surface area contributed by atoms with Gasteiger partial charge in [0.25, 0.3) is 0 Å². The number of rotatable bonds is 14. The number of aromatic nitrogens is 1. The predicted octanol–water partition coefficient (Wildman–Crippen LogP) is 5.58. The maximum absolute atomic E-state index is 12.1. The molecule has 0 aliphatic rings. The number of nitrogens with zero attached hydrogens (tertiary/aromatic N) is 1. The molecule has 0 bridgehead atoms. The van der Waals surface area contributed by atoms with Gasteiger partial charge in [0.1, 0.15) is 11.4 Å². The number of hydrogen-bond acceptors (Lipinski definition) is 5. The van der Waals surface area contributed by atoms with E-state index in [4.69, 9.17) is 9.47 Å². The van der Waals surface area contributed by atoms with Gasteiger partial charge in [0.2, 0.25) is 0 Å². The Hall–Kier alpha value is -1.91. The lowest BCUT2D eigenvalue weighted by Crippen LogP contribution is -2.15. The van der Waals surface area contributed by atoms with Gasteiger partial charge in [0, 0.05) is 0 Å². The highest BCUT2D eigenvalue weighted by Gasteiger charge is 2.15. The topological polar surface area (TPSA) is 65.5 Å². The Labute approximate surface area is 163 Å². The smallest absolute Gasteiger partial charge is 0.356 e. The predicted molar refractivity (Wildman–Crippen MR) is 107 cm³/mol. The second-order valence-corrected chi connectivity index (χ2v) is 7.16. The quantitative estimate of drug-likeness (QED) is 0.313. The van der Waals surface area contributed by atoms with E-state index in [-0.39, 0.29) is 11.4 Å². The van der Waals surface area contributed by atoms with Crippen LogP contribution in [-0.2, 0) is 9.47 Å². The van der Waals surface area contributed by atoms with Crippen molar-refractivity contribution in [1.29, 1.82) is 0 Å². The molecule has 0 saturated heterocycles. The number of carbonyl (C=O) groups is 2. The van der Waals surface area contributed by atoms with Gasteiger partial charge in [-0.25, -0.2) is 14.6 Å². The average molecular weight is 378 g/mol. The van der Waals surface area contributed by atoms with Crippen LogP contribution in [0.15, 0.2) is 18.2 Å². The van der Waals surface area contributed by atoms with Crippen LogP contribution < -0.4 is 0 Å². The monoisotopic (exact) mass is 377 g/mol. The zero-order chi connectivity index (χ0) is 19.9. The van der Waals surface area contributed by atoms with Gasteiger partial charge in [-0.15, -0.1) is 0 Å². The van der Waals surface area contributed by atoms with Gasteiger partial charge in [-0.05, 0) is 30.9 Å². The summed E-state index contributed by atoms with van der Waals surface area (Å²) < 4.78 is 10.5. The van der Waals surface area contributed by atoms with Crippen molar-refractivity contribution in [3.63, 3.8) is 0 Å². The summed E-state index contributed by atoms with van der Waals surface area (Å²) in [7, 11) is 0. The molecule has 1 aromatic heterocycles. The number of pyridine rings is 1. The minimum atomic E-state index is -0.500. The van der Waals surface area contributed by atoms with Crippen molar-refractivity contribution in [1.82, 2.24) is 4.98 Å². The molecule has 0 aromatic carbocycles. The molecule has 1 aromatic rings. The van der Waals surface area contributed by atoms with E-state index in [1.54, 1.807) is 18.2 Å². The Bertz CT molecular complexity index is 559. The Kier molecular flexibility index (Phi) is 12.2. The number of ether oxygens (including phenoxy) is 2. The summed E-state index contributed by atoms with van der Waals surface area (Å²) >= 11 is 0. The standard InChI is InChI=1S/C22H35NO4/c1-4-6-7-8-9-10-11-16-26-21(24)19-14-12-15-20(23-19)22(25)27-17-18(3)13-5-2/h12,14-15,18H,4-11,13,16-17H2,1-3H3. The molecule has 1 heterocycles. The van der Waals surface area contributed by atoms with E-state index in [0.29, 0.717) is 19.1 Å². The Balaban J connectivity index is 2.35. The fourth-order valence-corrected chi connectivity index (χ4v) is 2.83. The molecule has 0 radical (unpaired) electrons. The van der Waals surface area contributed by atoms with E-state index in [9.17, 15) is 9.59 Å². The van der Waals surface area contributed by atoms with Crippen molar-refractivity contribution in [2.45, 2.75) is 78.6 Å². The highest BCUT2D eigenvalue weighted by atomic mass is 16.5. The van der Waals surface area contributed by atoms with Crippen LogP contribution in [0.3, 0.4) is 0 Å². The van der Waals surface area contributed by atoms with E-state index in [2.05, 4.69) is 18.8 Å². The molecule has 1 atom stereocenters. The molecule has 0 aliphatic heterocycles. The average Bonchev–Trinajstić information content (AvgIpc) is 2.68. The lowest BCUT2D eigenvalue weighted by molar-refractivity contribution is 0.0435. The summed E-state index contributed by atoms with van der Waals surface area (Å²) in [5.74, 6) is -0.677. The van der Waals surface area contributed by atoms with Gasteiger partial charge >= 0.3 is 11.9 Å². The van der Waals surface area contributed by atoms with Crippen LogP contribution >= 0.6 is 0 Å². The lowest BCUT2D eigenvalue weighted by atomic mass is 10.1. The number of unbranched alkanes of at least 4 members (excludes halogenated alkanes) is 6. The van der Waals surface area contributed by atoms with Crippen LogP contribution in [0.4, 0.5) is 0 Å². The van der Waals surface area contributed by atoms with Crippen molar-refractivity contribution in [2.75, 3.05) is 13.2 Å². The van der Waals surface area contributed by atoms with E-state index < -0.39 is 11.9 Å². The maximum atomic E-state index is 12.1. The number of esters is 2. The highest BCUT2D eigenvalue weighted by molar-refractivity contribution is 5.91. The molecule has 0 N–H and O–H groups in total. The molecule has 0 aliphatic carbocycles. The fraction of sp³-hybridized carbons (Fsp3) is 0.682. The Morgan fingerprint density at radius 3 is 2.11 bits per heavy atom. The van der Waals surface area contributed by atoms with Crippen molar-refractivity contribution < 1.29 is 19.1 Å². The summed E-state index contributed by atoms with van der Waals surface area (Å²) in [6.45, 7) is 7.09. The zero-order valence-electron chi connectivity index (χ0n) is 17.2. The molecular weight excluding hydrogens is 342 g/mol. The summed E-state index contributed by atoms with van der Waals surface area (Å²) in [5, 5.41) is 0. The van der Waals surface area contributed by atoms with Crippen molar-refractivity contribution in [3.8, 4) is 0 Å². The summed E-state index contributed by atoms with van der Waals surface area (Å²) in [5.41, 5.74) is 0.290. The first-order chi connectivity index (χ1) is 13.1. The van der Waals surface area contributed by atoms with Gasteiger partial charge in [-0.3, -0.25) is 0 Å². The first-order valence-corrected chi connectivity index (χ1v) is 10.4. The van der Waals surface area contributed by atoms with Crippen molar-refractivity contribution in [3.05, 3.63) is 29.6 Å². The molecule has 0 fully saturated rings. The molecule has 1 rings (SSSR count). The molecule has 0 spiro atoms. The first kappa shape index (κ1) is 23.1. The molecular formula is C22H35NO4. The van der Waals surface area contributed by atoms with Crippen LogP contribution in [0.5, 0.6) is 0 Å². The van der Waals surface area contributed by atoms with Crippen molar-refractivity contribution >= 4 is 11.9 Å². The van der Waals surface area contributed by atoms with Gasteiger partial charge in [-0.2, -0.15) is 0 Å². The van der Waals surface area contributed by atoms with Crippen molar-refractivity contribution in [2.24, 2.45) is 5.92 Å². The third kappa shape index (κ3) is 10.1. The first-order valence-electron chi connectivity index (χ1n) is 10.4. The largest absolute Gasteiger partial charge is 0.461 e. The lowest BCUT2D eigenvalue weighted by Gasteiger charge is -2.11. The maximum Gasteiger partial charge on any atom is 0.356 e. The second-order valence-electron chi connectivity index (χ2n) is 7.16. The molecule has 5 heteroatoms. The fourth-order valence-electron chi connectivity index (χ4n) is 2.83. The summed E-state index contributed by atoms with van der Waals surface area (Å²) in [4.78, 5) is 28.3. The minimum Gasteiger partial charge on any atom is -0.461 e. The third-order valence-corrected chi connectivity index (χ3v) is 4.43. The Morgan fingerprint density at radius 2 is 1.48 bits per heavy atom. The third-order valence-electron chi connectivity index (χ3n) is 4.43. The second kappa shape index (κ2) is 14.2. The van der Waals surface area contributed by atoms with E-state index in [1.807, 2.05) is 6.92 Å². The highest BCUT2D eigenvalue weighted by Crippen LogP contribution is 2.10. The van der Waals surface area contributed by atoms with Gasteiger partial charge in [0.05, 0.1) is 13.2 Å². The van der Waals surface area contributed by atoms with Crippen LogP contribution in [0, 0.1) is 5.92 Å². The van der Waals surface area contributed by atoms with Gasteiger partial charge in [0.15, 0.2) is 0 Å².